The SMILES string of the molecule is Cc1cc2c(C(C)C)cc(C(C)C)cc2[cH-]1.Cc1cc2c(C(C)C)cc(C(C)C)cc2[cH-]1.Cl.Cl.[CH2-]CC[Si](Cl)(Cl)Cl.[CH2-]CC[Si](Cl)(Cl)Cl.[Si]=[Zr]. The van der Waals surface area contributed by atoms with Crippen molar-refractivity contribution < 1.29 is 23.3 Å². The van der Waals surface area contributed by atoms with Crippen molar-refractivity contribution in [2.45, 2.75) is 118 Å². The summed E-state index contributed by atoms with van der Waals surface area (Å²) in [5.74, 6) is 2.42. The minimum absolute atomic E-state index is 0. The second-order valence-corrected chi connectivity index (χ2v) is 31.9. The summed E-state index contributed by atoms with van der Waals surface area (Å²) in [4.78, 5) is 0. The molecule has 4 aromatic rings. The predicted molar refractivity (Wildman–Crippen MR) is 241 cm³/mol. The van der Waals surface area contributed by atoms with Gasteiger partial charge >= 0.3 is 42.2 Å². The van der Waals surface area contributed by atoms with E-state index in [9.17, 15) is 0 Å². The molecule has 0 unspecified atom stereocenters. The quantitative estimate of drug-likeness (QED) is 0.0938. The molecule has 0 amide bonds. The number of halogens is 8. The van der Waals surface area contributed by atoms with Crippen LogP contribution in [-0.2, 0) is 23.3 Å². The van der Waals surface area contributed by atoms with Crippen molar-refractivity contribution in [1.29, 1.82) is 0 Å². The third-order valence-corrected chi connectivity index (χ3v) is 12.8. The second-order valence-electron chi connectivity index (χ2n) is 13.3. The Hall–Kier alpha value is 1.51. The van der Waals surface area contributed by atoms with Gasteiger partial charge in [-0.1, -0.05) is 104 Å². The fraction of sp³-hybridized carbons (Fsp3) is 0.474. The van der Waals surface area contributed by atoms with Gasteiger partial charge in [-0.05, 0) is 35.8 Å². The number of aryl methyl sites for hydroxylation is 2. The van der Waals surface area contributed by atoms with Crippen LogP contribution in [0.3, 0.4) is 0 Å². The Morgan fingerprint density at radius 3 is 1.02 bits per heavy atom. The number of fused-ring (bicyclic) bond motifs is 2. The first kappa shape index (κ1) is 55.8. The van der Waals surface area contributed by atoms with Crippen LogP contribution in [0.25, 0.3) is 21.5 Å². The summed E-state index contributed by atoms with van der Waals surface area (Å²) >= 11 is 34.1. The summed E-state index contributed by atoms with van der Waals surface area (Å²) in [5.41, 5.74) is 8.66. The number of hydrogen-bond acceptors (Lipinski definition) is 0. The maximum atomic E-state index is 5.46. The number of hydrogen-bond donors (Lipinski definition) is 0. The zero-order chi connectivity index (χ0) is 37.6. The van der Waals surface area contributed by atoms with Crippen molar-refractivity contribution in [3.63, 3.8) is 0 Å². The molecule has 2 radical (unpaired) electrons. The van der Waals surface area contributed by atoms with Gasteiger partial charge in [0.25, 0.3) is 0 Å². The standard InChI is InChI=1S/2C16H21.2C3H6Cl3Si.2ClH.Si.Zr/c2*1-10(2)13-8-14-6-12(5)7-16(14)15(9-13)11(3)4;2*1-2-3-7(4,5)6;;;;/h2*6-11H,1-5H3;2*1-3H2;2*1H;;/q4*-1;;;;. The Morgan fingerprint density at radius 2 is 0.840 bits per heavy atom. The molecule has 0 fully saturated rings. The third-order valence-electron chi connectivity index (χ3n) is 7.54. The van der Waals surface area contributed by atoms with Gasteiger partial charge in [0.15, 0.2) is 0 Å². The van der Waals surface area contributed by atoms with E-state index in [1.54, 1.807) is 0 Å². The predicted octanol–water partition coefficient (Wildman–Crippen LogP) is 16.4. The molecule has 50 heavy (non-hydrogen) atoms. The van der Waals surface area contributed by atoms with Gasteiger partial charge in [0.2, 0.25) is 0 Å². The van der Waals surface area contributed by atoms with E-state index in [0.717, 1.165) is 12.8 Å². The van der Waals surface area contributed by atoms with Crippen LogP contribution in [0, 0.1) is 27.7 Å². The summed E-state index contributed by atoms with van der Waals surface area (Å²) < 4.78 is 0. The average Bonchev–Trinajstić information content (AvgIpc) is 3.52. The first-order valence-electron chi connectivity index (χ1n) is 16.5. The summed E-state index contributed by atoms with van der Waals surface area (Å²) in [6.45, 7) is 32.7. The summed E-state index contributed by atoms with van der Waals surface area (Å²) in [5, 5.41) is 5.70. The Labute approximate surface area is 364 Å². The molecular weight excluding hydrogens is 916 g/mol. The zero-order valence-corrected chi connectivity index (χ0v) is 42.9. The van der Waals surface area contributed by atoms with Crippen molar-refractivity contribution in [3.8, 4) is 0 Å². The molecule has 12 heteroatoms. The van der Waals surface area contributed by atoms with Gasteiger partial charge < -0.3 is 13.8 Å². The molecule has 0 heterocycles. The summed E-state index contributed by atoms with van der Waals surface area (Å²) in [7, 11) is 0. The van der Waals surface area contributed by atoms with Crippen molar-refractivity contribution in [2.24, 2.45) is 0 Å². The molecule has 0 N–H and O–H groups in total. The van der Waals surface area contributed by atoms with E-state index in [0.29, 0.717) is 35.8 Å². The molecule has 0 nitrogen and oxygen atoms in total. The number of rotatable bonds is 8. The van der Waals surface area contributed by atoms with Gasteiger partial charge in [0.05, 0.1) is 0 Å². The summed E-state index contributed by atoms with van der Waals surface area (Å²) in [6, 6.07) is 15.4. The van der Waals surface area contributed by atoms with E-state index in [4.69, 9.17) is 66.5 Å². The molecule has 0 saturated carbocycles. The van der Waals surface area contributed by atoms with Crippen molar-refractivity contribution >= 4 is 132 Å². The van der Waals surface area contributed by atoms with Crippen LogP contribution < -0.4 is 0 Å². The number of benzene rings is 2. The van der Waals surface area contributed by atoms with E-state index < -0.39 is 12.0 Å². The summed E-state index contributed by atoms with van der Waals surface area (Å²) in [6.07, 6.45) is 1.45. The van der Waals surface area contributed by atoms with Crippen LogP contribution in [0.4, 0.5) is 0 Å². The Balaban J connectivity index is -0.000000611. The molecule has 4 aromatic carbocycles. The van der Waals surface area contributed by atoms with E-state index in [-0.39, 0.29) is 24.8 Å². The Morgan fingerprint density at radius 1 is 0.560 bits per heavy atom. The molecule has 0 saturated heterocycles. The molecule has 284 valence electrons. The van der Waals surface area contributed by atoms with E-state index in [1.807, 2.05) is 0 Å². The molecule has 0 aliphatic heterocycles. The molecule has 4 rings (SSSR count). The molecular formula is C38H56Cl8Si3Zr-4. The Kier molecular flexibility index (Phi) is 30.3. The van der Waals surface area contributed by atoms with Crippen LogP contribution in [-0.4, -0.2) is 18.9 Å². The average molecular weight is 972 g/mol. The third kappa shape index (κ3) is 21.6. The molecule has 0 spiro atoms. The zero-order valence-electron chi connectivity index (χ0n) is 31.3. The topological polar surface area (TPSA) is 0 Å². The minimum atomic E-state index is -2.30. The monoisotopic (exact) mass is 966 g/mol. The van der Waals surface area contributed by atoms with Crippen molar-refractivity contribution in [1.82, 2.24) is 0 Å². The molecule has 0 aliphatic rings. The van der Waals surface area contributed by atoms with Gasteiger partial charge in [-0.3, -0.25) is 0 Å². The van der Waals surface area contributed by atoms with Crippen molar-refractivity contribution in [3.05, 3.63) is 95.8 Å². The van der Waals surface area contributed by atoms with Crippen LogP contribution in [0.1, 0.15) is 125 Å². The molecule has 0 bridgehead atoms. The van der Waals surface area contributed by atoms with Crippen LogP contribution >= 0.6 is 91.3 Å². The van der Waals surface area contributed by atoms with Crippen LogP contribution in [0.2, 0.25) is 12.1 Å². The van der Waals surface area contributed by atoms with Gasteiger partial charge in [0.1, 0.15) is 0 Å². The second kappa shape index (κ2) is 27.2. The van der Waals surface area contributed by atoms with E-state index in [1.165, 1.54) is 78.3 Å². The van der Waals surface area contributed by atoms with E-state index >= 15 is 0 Å². The van der Waals surface area contributed by atoms with Gasteiger partial charge in [-0.2, -0.15) is 25.0 Å². The van der Waals surface area contributed by atoms with Crippen molar-refractivity contribution in [2.75, 3.05) is 0 Å². The van der Waals surface area contributed by atoms with Gasteiger partial charge in [0, 0.05) is 0 Å². The first-order valence-corrected chi connectivity index (χ1v) is 31.2. The fourth-order valence-electron chi connectivity index (χ4n) is 5.07. The normalized spacial score (nSPS) is 11.1. The first-order chi connectivity index (χ1) is 22.1. The van der Waals surface area contributed by atoms with Crippen LogP contribution in [0.15, 0.2) is 48.5 Å². The molecule has 0 aromatic heterocycles. The molecule has 0 atom stereocenters. The van der Waals surface area contributed by atoms with Crippen LogP contribution in [0.5, 0.6) is 0 Å². The van der Waals surface area contributed by atoms with Gasteiger partial charge in [-0.15, -0.1) is 148 Å². The van der Waals surface area contributed by atoms with Gasteiger partial charge in [-0.25, -0.2) is 0 Å². The fourth-order valence-corrected chi connectivity index (χ4v) is 8.28. The maximum absolute atomic E-state index is 5.46. The van der Waals surface area contributed by atoms with E-state index in [2.05, 4.69) is 138 Å². The Bertz CT molecular complexity index is 1390. The molecule has 0 aliphatic carbocycles.